The lowest BCUT2D eigenvalue weighted by Crippen LogP contribution is -2.54. The molecule has 1 unspecified atom stereocenters. The molecule has 222 valence electrons. The summed E-state index contributed by atoms with van der Waals surface area (Å²) < 4.78 is 23.4. The molecule has 0 amide bonds. The van der Waals surface area contributed by atoms with Crippen LogP contribution < -0.4 is 4.74 Å². The summed E-state index contributed by atoms with van der Waals surface area (Å²) in [7, 11) is 0. The van der Waals surface area contributed by atoms with Gasteiger partial charge in [0.15, 0.2) is 18.8 Å². The average molecular weight is 566 g/mol. The minimum Gasteiger partial charge on any atom is -0.456 e. The van der Waals surface area contributed by atoms with E-state index in [1.807, 2.05) is 58.9 Å². The van der Waals surface area contributed by atoms with Crippen molar-refractivity contribution in [2.45, 2.75) is 91.6 Å². The summed E-state index contributed by atoms with van der Waals surface area (Å²) in [6.45, 7) is 13.4. The number of para-hydroxylation sites is 1. The van der Waals surface area contributed by atoms with Crippen molar-refractivity contribution in [1.29, 1.82) is 0 Å². The zero-order valence-electron chi connectivity index (χ0n) is 25.0. The molecule has 3 rings (SSSR count). The van der Waals surface area contributed by atoms with E-state index in [-0.39, 0.29) is 6.10 Å². The van der Waals surface area contributed by atoms with Crippen LogP contribution in [-0.4, -0.2) is 54.5 Å². The fourth-order valence-electron chi connectivity index (χ4n) is 5.27. The molecule has 7 atom stereocenters. The molecular formula is C33H43NO7. The maximum Gasteiger partial charge on any atom is 0.338 e. The van der Waals surface area contributed by atoms with Crippen LogP contribution in [0.25, 0.3) is 0 Å². The number of rotatable bonds is 12. The van der Waals surface area contributed by atoms with Crippen molar-refractivity contribution in [1.82, 2.24) is 0 Å². The van der Waals surface area contributed by atoms with Gasteiger partial charge in [-0.05, 0) is 57.4 Å². The fourth-order valence-corrected chi connectivity index (χ4v) is 5.27. The second kappa shape index (κ2) is 14.5. The van der Waals surface area contributed by atoms with E-state index in [0.29, 0.717) is 16.9 Å². The highest BCUT2D eigenvalue weighted by Crippen LogP contribution is 2.42. The van der Waals surface area contributed by atoms with Crippen LogP contribution in [0.2, 0.25) is 0 Å². The standard InChI is InChI=1S/C33H43NO7/c1-8-28-33(6,7)31(41-24(5)40-28)27(19-35)22(3)21(2)23(4)39-32(37)30(36)29(25-15-11-9-12-16-25)34-20-38-26-17-13-10-14-18-26/h9-20,23-24,27-31,36H,8H2,1-7H3/b22-21+,34-20?/t23-,24?,27-,28-,29-,30+,31-/m0/s1. The SMILES string of the molecule is CC[C@@H]1OC(C)O[C@@H]([C@@H](C=O)/C(C)=C(\C)[C@H](C)OC(=O)[C@H](O)[C@@H](N=COc2ccccc2)c2ccccc2)C1(C)C. The van der Waals surface area contributed by atoms with Crippen molar-refractivity contribution in [2.75, 3.05) is 0 Å². The second-order valence-electron chi connectivity index (χ2n) is 11.1. The molecule has 0 aromatic heterocycles. The Morgan fingerprint density at radius 3 is 2.24 bits per heavy atom. The molecule has 0 bridgehead atoms. The van der Waals surface area contributed by atoms with Crippen LogP contribution in [0.4, 0.5) is 0 Å². The Bertz CT molecular complexity index is 1190. The third kappa shape index (κ3) is 7.91. The number of hydrogen-bond donors (Lipinski definition) is 1. The first kappa shape index (κ1) is 32.2. The molecule has 1 fully saturated rings. The van der Waals surface area contributed by atoms with E-state index in [2.05, 4.69) is 11.9 Å². The molecule has 8 nitrogen and oxygen atoms in total. The van der Waals surface area contributed by atoms with Gasteiger partial charge in [0, 0.05) is 5.41 Å². The first-order valence-corrected chi connectivity index (χ1v) is 14.1. The highest BCUT2D eigenvalue weighted by Gasteiger charge is 2.48. The Morgan fingerprint density at radius 2 is 1.66 bits per heavy atom. The number of aliphatic hydroxyl groups is 1. The lowest BCUT2D eigenvalue weighted by Gasteiger charge is -2.49. The van der Waals surface area contributed by atoms with Crippen molar-refractivity contribution >= 4 is 18.7 Å². The Balaban J connectivity index is 1.78. The second-order valence-corrected chi connectivity index (χ2v) is 11.1. The van der Waals surface area contributed by atoms with Crippen LogP contribution in [0.5, 0.6) is 5.75 Å². The van der Waals surface area contributed by atoms with Gasteiger partial charge in [0.2, 0.25) is 0 Å². The van der Waals surface area contributed by atoms with Crippen LogP contribution in [0.15, 0.2) is 76.8 Å². The molecule has 1 aliphatic rings. The lowest BCUT2D eigenvalue weighted by molar-refractivity contribution is -0.292. The van der Waals surface area contributed by atoms with Crippen molar-refractivity contribution in [3.63, 3.8) is 0 Å². The van der Waals surface area contributed by atoms with Crippen LogP contribution in [0.3, 0.4) is 0 Å². The van der Waals surface area contributed by atoms with Gasteiger partial charge >= 0.3 is 5.97 Å². The summed E-state index contributed by atoms with van der Waals surface area (Å²) in [4.78, 5) is 29.9. The molecule has 2 aromatic carbocycles. The van der Waals surface area contributed by atoms with E-state index in [9.17, 15) is 14.7 Å². The van der Waals surface area contributed by atoms with E-state index in [0.717, 1.165) is 18.3 Å². The van der Waals surface area contributed by atoms with Gasteiger partial charge < -0.3 is 28.8 Å². The summed E-state index contributed by atoms with van der Waals surface area (Å²) in [6, 6.07) is 17.1. The predicted molar refractivity (Wildman–Crippen MR) is 158 cm³/mol. The van der Waals surface area contributed by atoms with Gasteiger partial charge in [-0.15, -0.1) is 0 Å². The Kier molecular flexibility index (Phi) is 11.4. The van der Waals surface area contributed by atoms with E-state index < -0.39 is 47.9 Å². The molecule has 2 aromatic rings. The topological polar surface area (TPSA) is 104 Å². The number of aldehydes is 1. The highest BCUT2D eigenvalue weighted by atomic mass is 16.7. The zero-order valence-corrected chi connectivity index (χ0v) is 25.0. The number of hydrogen-bond acceptors (Lipinski definition) is 8. The Hall–Kier alpha value is -3.33. The number of aliphatic imine (C=N–C) groups is 1. The monoisotopic (exact) mass is 565 g/mol. The van der Waals surface area contributed by atoms with Crippen LogP contribution >= 0.6 is 0 Å². The van der Waals surface area contributed by atoms with Gasteiger partial charge in [-0.25, -0.2) is 9.79 Å². The van der Waals surface area contributed by atoms with Crippen molar-refractivity contribution in [3.8, 4) is 5.75 Å². The molecule has 0 aliphatic carbocycles. The van der Waals surface area contributed by atoms with E-state index in [1.165, 1.54) is 6.40 Å². The van der Waals surface area contributed by atoms with Crippen molar-refractivity contribution in [2.24, 2.45) is 16.3 Å². The summed E-state index contributed by atoms with van der Waals surface area (Å²) in [6.07, 6.45) is -0.323. The van der Waals surface area contributed by atoms with Gasteiger partial charge in [-0.2, -0.15) is 0 Å². The van der Waals surface area contributed by atoms with E-state index in [4.69, 9.17) is 18.9 Å². The number of aliphatic hydroxyl groups excluding tert-OH is 1. The fraction of sp³-hybridized carbons (Fsp3) is 0.485. The van der Waals surface area contributed by atoms with Gasteiger partial charge in [0.05, 0.1) is 18.1 Å². The van der Waals surface area contributed by atoms with Gasteiger partial charge in [-0.3, -0.25) is 0 Å². The summed E-state index contributed by atoms with van der Waals surface area (Å²) in [5, 5.41) is 11.1. The number of carbonyl (C=O) groups is 2. The molecule has 0 saturated carbocycles. The zero-order chi connectivity index (χ0) is 30.2. The van der Waals surface area contributed by atoms with Gasteiger partial charge in [-0.1, -0.05) is 74.9 Å². The molecule has 41 heavy (non-hydrogen) atoms. The first-order chi connectivity index (χ1) is 19.5. The van der Waals surface area contributed by atoms with Crippen molar-refractivity contribution in [3.05, 3.63) is 77.4 Å². The number of nitrogens with zero attached hydrogens (tertiary/aromatic N) is 1. The minimum absolute atomic E-state index is 0.0708. The number of esters is 1. The van der Waals surface area contributed by atoms with E-state index in [1.54, 1.807) is 43.3 Å². The van der Waals surface area contributed by atoms with Crippen LogP contribution in [0.1, 0.15) is 66.5 Å². The molecule has 1 heterocycles. The molecule has 1 N–H and O–H groups in total. The maximum atomic E-state index is 13.2. The van der Waals surface area contributed by atoms with Gasteiger partial charge in [0.25, 0.3) is 0 Å². The average Bonchev–Trinajstić information content (AvgIpc) is 2.97. The third-order valence-electron chi connectivity index (χ3n) is 7.96. The van der Waals surface area contributed by atoms with Crippen molar-refractivity contribution < 1.29 is 33.6 Å². The molecule has 0 spiro atoms. The molecule has 1 aliphatic heterocycles. The molecular weight excluding hydrogens is 522 g/mol. The number of benzene rings is 2. The van der Waals surface area contributed by atoms with Crippen LogP contribution in [-0.2, 0) is 23.8 Å². The summed E-state index contributed by atoms with van der Waals surface area (Å²) in [5.41, 5.74) is 1.67. The maximum absolute atomic E-state index is 13.2. The molecule has 1 saturated heterocycles. The molecule has 0 radical (unpaired) electrons. The Morgan fingerprint density at radius 1 is 1.05 bits per heavy atom. The first-order valence-electron chi connectivity index (χ1n) is 14.1. The largest absolute Gasteiger partial charge is 0.456 e. The van der Waals surface area contributed by atoms with E-state index >= 15 is 0 Å². The summed E-state index contributed by atoms with van der Waals surface area (Å²) in [5.74, 6) is -0.820. The predicted octanol–water partition coefficient (Wildman–Crippen LogP) is 5.85. The third-order valence-corrected chi connectivity index (χ3v) is 7.96. The lowest BCUT2D eigenvalue weighted by atomic mass is 9.71. The normalized spacial score (nSPS) is 24.0. The number of ether oxygens (including phenoxy) is 4. The minimum atomic E-state index is -1.59. The molecule has 8 heteroatoms. The van der Waals surface area contributed by atoms with Crippen LogP contribution in [0, 0.1) is 11.3 Å². The quantitative estimate of drug-likeness (QED) is 0.113. The summed E-state index contributed by atoms with van der Waals surface area (Å²) >= 11 is 0. The number of carbonyl (C=O) groups excluding carboxylic acids is 2. The highest BCUT2D eigenvalue weighted by molar-refractivity contribution is 5.76. The van der Waals surface area contributed by atoms with Gasteiger partial charge in [0.1, 0.15) is 24.2 Å². The Labute approximate surface area is 243 Å². The smallest absolute Gasteiger partial charge is 0.338 e.